The maximum absolute atomic E-state index is 6.36. The average Bonchev–Trinajstić information content (AvgIpc) is 2.30. The summed E-state index contributed by atoms with van der Waals surface area (Å²) in [6, 6.07) is 7.17. The molecule has 102 valence electrons. The van der Waals surface area contributed by atoms with Crippen LogP contribution in [0.3, 0.4) is 0 Å². The molecule has 2 N–H and O–H groups in total. The van der Waals surface area contributed by atoms with Crippen LogP contribution in [0.15, 0.2) is 18.2 Å². The van der Waals surface area contributed by atoms with Gasteiger partial charge >= 0.3 is 0 Å². The highest BCUT2D eigenvalue weighted by Gasteiger charge is 2.17. The molecule has 0 amide bonds. The third kappa shape index (κ3) is 3.82. The predicted molar refractivity (Wildman–Crippen MR) is 79.8 cm³/mol. The molecule has 0 aromatic heterocycles. The summed E-state index contributed by atoms with van der Waals surface area (Å²) in [5.74, 6) is 0.654. The first kappa shape index (κ1) is 15.2. The Kier molecular flexibility index (Phi) is 5.36. The Morgan fingerprint density at radius 1 is 1.17 bits per heavy atom. The van der Waals surface area contributed by atoms with Gasteiger partial charge in [-0.25, -0.2) is 0 Å². The molecule has 2 heteroatoms. The van der Waals surface area contributed by atoms with Crippen LogP contribution in [0.5, 0.6) is 0 Å². The van der Waals surface area contributed by atoms with Crippen molar-refractivity contribution in [3.63, 3.8) is 0 Å². The second-order valence-electron chi connectivity index (χ2n) is 5.89. The van der Waals surface area contributed by atoms with Gasteiger partial charge in [-0.1, -0.05) is 37.6 Å². The lowest BCUT2D eigenvalue weighted by molar-refractivity contribution is 0.197. The van der Waals surface area contributed by atoms with E-state index in [1.807, 2.05) is 0 Å². The van der Waals surface area contributed by atoms with Crippen molar-refractivity contribution in [1.82, 2.24) is 4.90 Å². The van der Waals surface area contributed by atoms with Crippen LogP contribution >= 0.6 is 0 Å². The van der Waals surface area contributed by atoms with Crippen LogP contribution in [0.25, 0.3) is 0 Å². The lowest BCUT2D eigenvalue weighted by Crippen LogP contribution is -2.38. The SMILES string of the molecule is Cc1ccc(C)c(C(N)CN(C)C(C)C(C)C)c1. The van der Waals surface area contributed by atoms with Crippen molar-refractivity contribution in [3.8, 4) is 0 Å². The minimum atomic E-state index is 0.0936. The number of nitrogens with two attached hydrogens (primary N) is 1. The minimum Gasteiger partial charge on any atom is -0.323 e. The summed E-state index contributed by atoms with van der Waals surface area (Å²) in [5.41, 5.74) is 10.2. The summed E-state index contributed by atoms with van der Waals surface area (Å²) >= 11 is 0. The Morgan fingerprint density at radius 3 is 2.33 bits per heavy atom. The van der Waals surface area contributed by atoms with Gasteiger partial charge in [-0.3, -0.25) is 0 Å². The van der Waals surface area contributed by atoms with Crippen molar-refractivity contribution in [2.45, 2.75) is 46.7 Å². The molecule has 0 radical (unpaired) electrons. The van der Waals surface area contributed by atoms with Crippen molar-refractivity contribution in [2.24, 2.45) is 11.7 Å². The van der Waals surface area contributed by atoms with Gasteiger partial charge in [-0.15, -0.1) is 0 Å². The van der Waals surface area contributed by atoms with Gasteiger partial charge in [0.2, 0.25) is 0 Å². The number of benzene rings is 1. The molecule has 0 heterocycles. The number of nitrogens with zero attached hydrogens (tertiary/aromatic N) is 1. The summed E-state index contributed by atoms with van der Waals surface area (Å²) in [5, 5.41) is 0. The van der Waals surface area contributed by atoms with Gasteiger partial charge in [-0.2, -0.15) is 0 Å². The molecule has 18 heavy (non-hydrogen) atoms. The highest BCUT2D eigenvalue weighted by atomic mass is 15.1. The molecular formula is C16H28N2. The molecule has 0 bridgehead atoms. The van der Waals surface area contributed by atoms with Crippen molar-refractivity contribution < 1.29 is 0 Å². The first-order valence-electron chi connectivity index (χ1n) is 6.86. The molecule has 2 atom stereocenters. The van der Waals surface area contributed by atoms with Gasteiger partial charge in [-0.05, 0) is 44.9 Å². The van der Waals surface area contributed by atoms with E-state index in [1.165, 1.54) is 16.7 Å². The van der Waals surface area contributed by atoms with Gasteiger partial charge in [0, 0.05) is 18.6 Å². The number of likely N-dealkylation sites (N-methyl/N-ethyl adjacent to an activating group) is 1. The fraction of sp³-hybridized carbons (Fsp3) is 0.625. The third-order valence-corrected chi connectivity index (χ3v) is 3.98. The molecule has 1 aromatic rings. The van der Waals surface area contributed by atoms with Crippen molar-refractivity contribution in [1.29, 1.82) is 0 Å². The van der Waals surface area contributed by atoms with E-state index in [4.69, 9.17) is 5.73 Å². The van der Waals surface area contributed by atoms with Crippen LogP contribution in [0.2, 0.25) is 0 Å². The lowest BCUT2D eigenvalue weighted by Gasteiger charge is -2.30. The minimum absolute atomic E-state index is 0.0936. The van der Waals surface area contributed by atoms with Crippen LogP contribution in [-0.4, -0.2) is 24.5 Å². The Hall–Kier alpha value is -0.860. The van der Waals surface area contributed by atoms with E-state index in [0.29, 0.717) is 12.0 Å². The summed E-state index contributed by atoms with van der Waals surface area (Å²) in [7, 11) is 2.16. The number of aryl methyl sites for hydroxylation is 2. The highest BCUT2D eigenvalue weighted by molar-refractivity contribution is 5.33. The van der Waals surface area contributed by atoms with Gasteiger partial charge in [0.15, 0.2) is 0 Å². The van der Waals surface area contributed by atoms with Crippen molar-refractivity contribution >= 4 is 0 Å². The number of hydrogen-bond acceptors (Lipinski definition) is 2. The van der Waals surface area contributed by atoms with E-state index >= 15 is 0 Å². The second-order valence-corrected chi connectivity index (χ2v) is 5.89. The zero-order chi connectivity index (χ0) is 13.9. The lowest BCUT2D eigenvalue weighted by atomic mass is 9.98. The molecule has 1 aromatic carbocycles. The largest absolute Gasteiger partial charge is 0.323 e. The van der Waals surface area contributed by atoms with Crippen molar-refractivity contribution in [2.75, 3.05) is 13.6 Å². The maximum atomic E-state index is 6.36. The molecule has 0 spiro atoms. The van der Waals surface area contributed by atoms with E-state index in [-0.39, 0.29) is 6.04 Å². The zero-order valence-electron chi connectivity index (χ0n) is 12.7. The summed E-state index contributed by atoms with van der Waals surface area (Å²) in [6.45, 7) is 11.9. The fourth-order valence-corrected chi connectivity index (χ4v) is 2.24. The Labute approximate surface area is 112 Å². The standard InChI is InChI=1S/C16H28N2/c1-11(2)14(5)18(6)10-16(17)15-9-12(3)7-8-13(15)4/h7-9,11,14,16H,10,17H2,1-6H3. The number of hydrogen-bond donors (Lipinski definition) is 1. The third-order valence-electron chi connectivity index (χ3n) is 3.98. The van der Waals surface area contributed by atoms with Crippen LogP contribution in [0.4, 0.5) is 0 Å². The van der Waals surface area contributed by atoms with Gasteiger partial charge in [0.25, 0.3) is 0 Å². The maximum Gasteiger partial charge on any atom is 0.0426 e. The zero-order valence-corrected chi connectivity index (χ0v) is 12.7. The Balaban J connectivity index is 2.76. The van der Waals surface area contributed by atoms with Crippen LogP contribution < -0.4 is 5.73 Å². The van der Waals surface area contributed by atoms with Crippen molar-refractivity contribution in [3.05, 3.63) is 34.9 Å². The summed E-state index contributed by atoms with van der Waals surface area (Å²) in [6.07, 6.45) is 0. The Morgan fingerprint density at radius 2 is 1.78 bits per heavy atom. The quantitative estimate of drug-likeness (QED) is 0.866. The normalized spacial score (nSPS) is 15.2. The summed E-state index contributed by atoms with van der Waals surface area (Å²) in [4.78, 5) is 2.36. The number of rotatable bonds is 5. The van der Waals surface area contributed by atoms with Gasteiger partial charge in [0.05, 0.1) is 0 Å². The first-order chi connectivity index (χ1) is 8.32. The smallest absolute Gasteiger partial charge is 0.0426 e. The summed E-state index contributed by atoms with van der Waals surface area (Å²) < 4.78 is 0. The van der Waals surface area contributed by atoms with Crippen LogP contribution in [0, 0.1) is 19.8 Å². The second kappa shape index (κ2) is 6.35. The molecule has 0 fully saturated rings. The predicted octanol–water partition coefficient (Wildman–Crippen LogP) is 3.28. The van der Waals surface area contributed by atoms with E-state index in [2.05, 4.69) is 64.8 Å². The Bertz CT molecular complexity index is 385. The molecule has 0 saturated heterocycles. The average molecular weight is 248 g/mol. The van der Waals surface area contributed by atoms with Gasteiger partial charge < -0.3 is 10.6 Å². The molecule has 0 aliphatic heterocycles. The topological polar surface area (TPSA) is 29.3 Å². The van der Waals surface area contributed by atoms with E-state index in [1.54, 1.807) is 0 Å². The fourth-order valence-electron chi connectivity index (χ4n) is 2.24. The molecule has 0 aliphatic rings. The molecule has 0 saturated carbocycles. The highest BCUT2D eigenvalue weighted by Crippen LogP contribution is 2.19. The van der Waals surface area contributed by atoms with Gasteiger partial charge in [0.1, 0.15) is 0 Å². The molecule has 2 nitrogen and oxygen atoms in total. The molecular weight excluding hydrogens is 220 g/mol. The molecule has 0 aliphatic carbocycles. The molecule has 2 unspecified atom stereocenters. The van der Waals surface area contributed by atoms with E-state index < -0.39 is 0 Å². The molecule has 1 rings (SSSR count). The van der Waals surface area contributed by atoms with Crippen LogP contribution in [0.1, 0.15) is 43.5 Å². The van der Waals surface area contributed by atoms with Crippen LogP contribution in [-0.2, 0) is 0 Å². The monoisotopic (exact) mass is 248 g/mol. The first-order valence-corrected chi connectivity index (χ1v) is 6.86. The van der Waals surface area contributed by atoms with E-state index in [9.17, 15) is 0 Å². The van der Waals surface area contributed by atoms with E-state index in [0.717, 1.165) is 6.54 Å².